The molecule has 4 heterocycles. The second-order valence-corrected chi connectivity index (χ2v) is 6.10. The quantitative estimate of drug-likeness (QED) is 0.477. The Morgan fingerprint density at radius 1 is 1.11 bits per heavy atom. The Bertz CT molecular complexity index is 1270. The maximum Gasteiger partial charge on any atom is 0.240 e. The summed E-state index contributed by atoms with van der Waals surface area (Å²) < 4.78 is 14.3. The molecule has 0 aliphatic carbocycles. The Morgan fingerprint density at radius 2 is 1.96 bits per heavy atom. The molecule has 5 aromatic rings. The van der Waals surface area contributed by atoms with E-state index in [9.17, 15) is 0 Å². The van der Waals surface area contributed by atoms with E-state index in [0.717, 1.165) is 10.8 Å². The Morgan fingerprint density at radius 3 is 2.70 bits per heavy atom. The molecule has 27 heavy (non-hydrogen) atoms. The average molecular weight is 362 g/mol. The molecule has 0 N–H and O–H groups in total. The maximum atomic E-state index is 5.95. The Hall–Kier alpha value is -3.82. The molecule has 0 aliphatic rings. The third-order valence-corrected chi connectivity index (χ3v) is 4.09. The highest BCUT2D eigenvalue weighted by molar-refractivity contribution is 5.96. The Balaban J connectivity index is 1.66. The first-order valence-electron chi connectivity index (χ1n) is 8.25. The van der Waals surface area contributed by atoms with Crippen LogP contribution in [-0.2, 0) is 13.7 Å². The number of benzene rings is 1. The average Bonchev–Trinajstić information content (AvgIpc) is 3.39. The van der Waals surface area contributed by atoms with E-state index in [1.54, 1.807) is 28.5 Å². The first-order valence-corrected chi connectivity index (χ1v) is 8.25. The molecule has 10 heteroatoms. The van der Waals surface area contributed by atoms with Gasteiger partial charge >= 0.3 is 0 Å². The topological polar surface area (TPSA) is 109 Å². The third-order valence-electron chi connectivity index (χ3n) is 4.09. The number of aryl methyl sites for hydroxylation is 2. The highest BCUT2D eigenvalue weighted by Crippen LogP contribution is 2.29. The van der Waals surface area contributed by atoms with Crippen molar-refractivity contribution in [3.63, 3.8) is 0 Å². The molecule has 0 bridgehead atoms. The molecule has 134 valence electrons. The van der Waals surface area contributed by atoms with E-state index < -0.39 is 0 Å². The van der Waals surface area contributed by atoms with Gasteiger partial charge in [0.05, 0.1) is 6.20 Å². The van der Waals surface area contributed by atoms with Crippen molar-refractivity contribution in [1.29, 1.82) is 0 Å². The van der Waals surface area contributed by atoms with Gasteiger partial charge in [-0.2, -0.15) is 4.52 Å². The van der Waals surface area contributed by atoms with Gasteiger partial charge in [-0.05, 0) is 13.0 Å². The summed E-state index contributed by atoms with van der Waals surface area (Å²) in [6, 6.07) is 9.53. The second kappa shape index (κ2) is 5.87. The zero-order valence-corrected chi connectivity index (χ0v) is 14.6. The molecule has 4 aromatic heterocycles. The van der Waals surface area contributed by atoms with Crippen LogP contribution in [0.2, 0.25) is 0 Å². The molecular formula is C17H14N8O2. The fourth-order valence-corrected chi connectivity index (χ4v) is 2.89. The van der Waals surface area contributed by atoms with E-state index in [-0.39, 0.29) is 6.61 Å². The highest BCUT2D eigenvalue weighted by atomic mass is 16.5. The van der Waals surface area contributed by atoms with Crippen molar-refractivity contribution in [3.05, 3.63) is 48.0 Å². The molecule has 0 saturated carbocycles. The molecule has 0 radical (unpaired) electrons. The van der Waals surface area contributed by atoms with Crippen LogP contribution in [0, 0.1) is 6.92 Å². The van der Waals surface area contributed by atoms with Crippen LogP contribution in [0.5, 0.6) is 5.88 Å². The second-order valence-electron chi connectivity index (χ2n) is 6.10. The first-order chi connectivity index (χ1) is 13.2. The summed E-state index contributed by atoms with van der Waals surface area (Å²) in [5.74, 6) is 1.61. The van der Waals surface area contributed by atoms with Crippen LogP contribution in [0.15, 0.2) is 41.1 Å². The van der Waals surface area contributed by atoms with E-state index in [0.29, 0.717) is 34.5 Å². The van der Waals surface area contributed by atoms with Crippen LogP contribution in [0.3, 0.4) is 0 Å². The van der Waals surface area contributed by atoms with Crippen molar-refractivity contribution >= 4 is 16.4 Å². The van der Waals surface area contributed by atoms with Gasteiger partial charge in [0, 0.05) is 23.9 Å². The third kappa shape index (κ3) is 2.58. The van der Waals surface area contributed by atoms with Gasteiger partial charge in [0.2, 0.25) is 11.7 Å². The summed E-state index contributed by atoms with van der Waals surface area (Å²) >= 11 is 0. The van der Waals surface area contributed by atoms with E-state index in [1.807, 2.05) is 31.2 Å². The van der Waals surface area contributed by atoms with E-state index in [1.165, 1.54) is 0 Å². The number of fused-ring (bicyclic) bond motifs is 3. The predicted octanol–water partition coefficient (Wildman–Crippen LogP) is 1.95. The van der Waals surface area contributed by atoms with Crippen molar-refractivity contribution in [2.75, 3.05) is 0 Å². The molecule has 0 fully saturated rings. The van der Waals surface area contributed by atoms with Crippen molar-refractivity contribution in [2.45, 2.75) is 13.5 Å². The lowest BCUT2D eigenvalue weighted by atomic mass is 10.2. The molecule has 10 nitrogen and oxygen atoms in total. The minimum absolute atomic E-state index is 0.247. The summed E-state index contributed by atoms with van der Waals surface area (Å²) in [7, 11) is 1.81. The van der Waals surface area contributed by atoms with Crippen molar-refractivity contribution in [3.8, 4) is 17.4 Å². The number of rotatable bonds is 4. The molecule has 1 aromatic carbocycles. The van der Waals surface area contributed by atoms with Crippen molar-refractivity contribution in [2.24, 2.45) is 7.05 Å². The van der Waals surface area contributed by atoms with Gasteiger partial charge in [0.1, 0.15) is 18.1 Å². The summed E-state index contributed by atoms with van der Waals surface area (Å²) in [4.78, 5) is 0. The lowest BCUT2D eigenvalue weighted by Crippen LogP contribution is -2.03. The Labute approximate surface area is 152 Å². The van der Waals surface area contributed by atoms with Gasteiger partial charge in [-0.1, -0.05) is 28.6 Å². The van der Waals surface area contributed by atoms with Gasteiger partial charge < -0.3 is 9.26 Å². The lowest BCUT2D eigenvalue weighted by molar-refractivity contribution is 0.289. The zero-order valence-electron chi connectivity index (χ0n) is 14.6. The number of aromatic nitrogens is 8. The van der Waals surface area contributed by atoms with Gasteiger partial charge in [0.15, 0.2) is 11.3 Å². The number of hydrogen-bond acceptors (Lipinski definition) is 8. The molecule has 0 spiro atoms. The summed E-state index contributed by atoms with van der Waals surface area (Å²) in [6.07, 6.45) is 1.79. The zero-order chi connectivity index (χ0) is 18.4. The highest BCUT2D eigenvalue weighted by Gasteiger charge is 2.18. The van der Waals surface area contributed by atoms with Gasteiger partial charge in [-0.3, -0.25) is 4.68 Å². The largest absolute Gasteiger partial charge is 0.470 e. The first kappa shape index (κ1) is 15.4. The molecule has 0 unspecified atom stereocenters. The van der Waals surface area contributed by atoms with Crippen LogP contribution < -0.4 is 4.74 Å². The summed E-state index contributed by atoms with van der Waals surface area (Å²) in [5, 5.41) is 26.8. The standard InChI is InChI=1S/C17H14N8O2/c1-10-7-14(22-27-10)16-20-19-15-12-5-3-4-6-13(12)17(21-25(15)16)26-9-11-8-24(2)23-18-11/h3-8H,9H2,1-2H3. The fourth-order valence-electron chi connectivity index (χ4n) is 2.89. The Kier molecular flexibility index (Phi) is 3.35. The van der Waals surface area contributed by atoms with Crippen LogP contribution in [0.4, 0.5) is 0 Å². The van der Waals surface area contributed by atoms with Crippen molar-refractivity contribution < 1.29 is 9.26 Å². The lowest BCUT2D eigenvalue weighted by Gasteiger charge is -2.08. The van der Waals surface area contributed by atoms with E-state index >= 15 is 0 Å². The van der Waals surface area contributed by atoms with Crippen LogP contribution in [0.25, 0.3) is 27.9 Å². The predicted molar refractivity (Wildman–Crippen MR) is 93.9 cm³/mol. The van der Waals surface area contributed by atoms with Crippen LogP contribution in [0.1, 0.15) is 11.5 Å². The molecule has 0 saturated heterocycles. The molecule has 0 aliphatic heterocycles. The molecular weight excluding hydrogens is 348 g/mol. The smallest absolute Gasteiger partial charge is 0.240 e. The summed E-state index contributed by atoms with van der Waals surface area (Å²) in [5.41, 5.74) is 1.88. The van der Waals surface area contributed by atoms with Gasteiger partial charge in [-0.25, -0.2) is 0 Å². The van der Waals surface area contributed by atoms with Gasteiger partial charge in [0.25, 0.3) is 0 Å². The SMILES string of the molecule is Cc1cc(-c2nnc3c4ccccc4c(OCc4cn(C)nn4)nn23)no1. The van der Waals surface area contributed by atoms with Crippen LogP contribution in [-0.4, -0.2) is 40.0 Å². The number of nitrogens with zero attached hydrogens (tertiary/aromatic N) is 8. The minimum atomic E-state index is 0.247. The molecule has 0 atom stereocenters. The van der Waals surface area contributed by atoms with E-state index in [2.05, 4.69) is 30.8 Å². The van der Waals surface area contributed by atoms with Crippen LogP contribution >= 0.6 is 0 Å². The van der Waals surface area contributed by atoms with E-state index in [4.69, 9.17) is 9.26 Å². The minimum Gasteiger partial charge on any atom is -0.470 e. The molecule has 5 rings (SSSR count). The number of ether oxygens (including phenoxy) is 1. The monoisotopic (exact) mass is 362 g/mol. The van der Waals surface area contributed by atoms with Crippen molar-refractivity contribution in [1.82, 2.24) is 40.0 Å². The summed E-state index contributed by atoms with van der Waals surface area (Å²) in [6.45, 7) is 2.06. The number of hydrogen-bond donors (Lipinski definition) is 0. The van der Waals surface area contributed by atoms with Gasteiger partial charge in [-0.15, -0.1) is 20.4 Å². The fraction of sp³-hybridized carbons (Fsp3) is 0.176. The molecule has 0 amide bonds. The maximum absolute atomic E-state index is 5.95. The normalized spacial score (nSPS) is 11.5.